The summed E-state index contributed by atoms with van der Waals surface area (Å²) in [6.45, 7) is 0.981. The molecule has 1 aromatic carbocycles. The van der Waals surface area contributed by atoms with E-state index in [9.17, 15) is 0 Å². The van der Waals surface area contributed by atoms with E-state index in [1.807, 2.05) is 6.07 Å². The molecule has 2 heteroatoms. The molecule has 0 amide bonds. The lowest BCUT2D eigenvalue weighted by Gasteiger charge is -2.58. The Bertz CT molecular complexity index is 632. The topological polar surface area (TPSA) is 12.5 Å². The number of benzene rings is 1. The minimum absolute atomic E-state index is 0.163. The molecule has 1 aromatic rings. The molecule has 3 atom stereocenters. The van der Waals surface area contributed by atoms with Gasteiger partial charge in [-0.3, -0.25) is 0 Å². The number of hydrogen-bond donors (Lipinski definition) is 0. The fourth-order valence-corrected chi connectivity index (χ4v) is 5.13. The van der Waals surface area contributed by atoms with Crippen molar-refractivity contribution in [1.82, 2.24) is 4.90 Å². The maximum absolute atomic E-state index is 7.88. The largest absolute Gasteiger partial charge is 0.497 e. The van der Waals surface area contributed by atoms with Crippen LogP contribution < -0.4 is 4.74 Å². The molecular formula is C18H25NO. The predicted octanol–water partition coefficient (Wildman–Crippen LogP) is 3.38. The van der Waals surface area contributed by atoms with Crippen LogP contribution in [0, 0.1) is 5.92 Å². The van der Waals surface area contributed by atoms with Crippen LogP contribution in [0.25, 0.3) is 0 Å². The highest BCUT2D eigenvalue weighted by molar-refractivity contribution is 5.45. The summed E-state index contributed by atoms with van der Waals surface area (Å²) in [5.41, 5.74) is 2.82. The van der Waals surface area contributed by atoms with Crippen LogP contribution in [0.2, 0.25) is 0 Å². The molecular weight excluding hydrogens is 246 g/mol. The Morgan fingerprint density at radius 3 is 3.25 bits per heavy atom. The summed E-state index contributed by atoms with van der Waals surface area (Å²) in [6.07, 6.45) is 6.99. The standard InChI is InChI=1S/C18H25NO/c1-19-10-9-18-8-4-3-5-15(18)17(19)11-13-6-7-14(20-2)12-16(13)18/h6-7,12,15,17H,3-5,8-11H2,1-2H3/t15?,17-,18-/m0/s1/i1D,2D3. The second kappa shape index (κ2) is 4.49. The van der Waals surface area contributed by atoms with Gasteiger partial charge in [-0.2, -0.15) is 0 Å². The lowest BCUT2D eigenvalue weighted by molar-refractivity contribution is 0.00274. The average molecular weight is 275 g/mol. The Morgan fingerprint density at radius 1 is 1.35 bits per heavy atom. The van der Waals surface area contributed by atoms with Crippen molar-refractivity contribution in [1.29, 1.82) is 0 Å². The number of methoxy groups -OCH3 is 1. The maximum Gasteiger partial charge on any atom is 0.119 e. The third kappa shape index (κ3) is 1.60. The Kier molecular flexibility index (Phi) is 2.04. The SMILES string of the molecule is [2H]CN1CC[C@@]23CCCCC2[C@@H]1Cc1ccc(OC([2H])([2H])[2H])cc13. The molecule has 0 aromatic heterocycles. The molecule has 2 bridgehead atoms. The minimum atomic E-state index is -2.40. The van der Waals surface area contributed by atoms with Gasteiger partial charge in [-0.25, -0.2) is 0 Å². The van der Waals surface area contributed by atoms with Crippen LogP contribution in [0.4, 0.5) is 0 Å². The Balaban J connectivity index is 1.77. The molecule has 3 aliphatic rings. The van der Waals surface area contributed by atoms with Crippen molar-refractivity contribution in [2.75, 3.05) is 20.6 Å². The summed E-state index contributed by atoms with van der Waals surface area (Å²) < 4.78 is 35.2. The lowest BCUT2D eigenvalue weighted by Crippen LogP contribution is -2.59. The highest BCUT2D eigenvalue weighted by atomic mass is 16.5. The molecule has 0 N–H and O–H groups in total. The molecule has 2 nitrogen and oxygen atoms in total. The molecule has 0 radical (unpaired) electrons. The van der Waals surface area contributed by atoms with E-state index in [2.05, 4.69) is 11.0 Å². The third-order valence-corrected chi connectivity index (χ3v) is 6.04. The van der Waals surface area contributed by atoms with Gasteiger partial charge in [-0.05, 0) is 68.4 Å². The first-order chi connectivity index (χ1) is 11.4. The zero-order valence-corrected chi connectivity index (χ0v) is 11.9. The smallest absolute Gasteiger partial charge is 0.119 e. The molecule has 2 fully saturated rings. The van der Waals surface area contributed by atoms with Gasteiger partial charge in [0.2, 0.25) is 0 Å². The van der Waals surface area contributed by atoms with E-state index in [1.54, 1.807) is 6.07 Å². The number of nitrogens with zero attached hydrogens (tertiary/aromatic N) is 1. The van der Waals surface area contributed by atoms with Crippen LogP contribution in [0.3, 0.4) is 0 Å². The Morgan fingerprint density at radius 2 is 2.35 bits per heavy atom. The van der Waals surface area contributed by atoms with E-state index >= 15 is 0 Å². The van der Waals surface area contributed by atoms with Crippen LogP contribution in [0.15, 0.2) is 18.2 Å². The predicted molar refractivity (Wildman–Crippen MR) is 81.4 cm³/mol. The average Bonchev–Trinajstić information content (AvgIpc) is 2.54. The summed E-state index contributed by atoms with van der Waals surface area (Å²) >= 11 is 0. The number of likely N-dealkylation sites (tertiary alicyclic amines) is 1. The monoisotopic (exact) mass is 275 g/mol. The summed E-state index contributed by atoms with van der Waals surface area (Å²) in [6, 6.07) is 6.33. The quantitative estimate of drug-likeness (QED) is 0.779. The molecule has 1 saturated carbocycles. The van der Waals surface area contributed by atoms with Gasteiger partial charge in [0.25, 0.3) is 0 Å². The van der Waals surface area contributed by atoms with Gasteiger partial charge in [-0.15, -0.1) is 0 Å². The van der Waals surface area contributed by atoms with Crippen LogP contribution in [0.1, 0.15) is 48.7 Å². The molecule has 108 valence electrons. The summed E-state index contributed by atoms with van der Waals surface area (Å²) in [5, 5.41) is 0. The number of rotatable bonds is 1. The van der Waals surface area contributed by atoms with Crippen LogP contribution in [-0.2, 0) is 11.8 Å². The molecule has 1 saturated heterocycles. The van der Waals surface area contributed by atoms with E-state index in [1.165, 1.54) is 36.8 Å². The van der Waals surface area contributed by atoms with Gasteiger partial charge in [0.15, 0.2) is 0 Å². The second-order valence-corrected chi connectivity index (χ2v) is 6.76. The maximum atomic E-state index is 7.88. The van der Waals surface area contributed by atoms with Gasteiger partial charge < -0.3 is 9.64 Å². The van der Waals surface area contributed by atoms with Gasteiger partial charge in [-0.1, -0.05) is 18.9 Å². The molecule has 20 heavy (non-hydrogen) atoms. The highest BCUT2D eigenvalue weighted by Gasteiger charge is 2.53. The first-order valence-corrected chi connectivity index (χ1v) is 7.79. The summed E-state index contributed by atoms with van der Waals surface area (Å²) in [5.74, 6) is 1.06. The van der Waals surface area contributed by atoms with E-state index in [0.717, 1.165) is 19.4 Å². The molecule has 4 rings (SSSR count). The van der Waals surface area contributed by atoms with Gasteiger partial charge >= 0.3 is 0 Å². The third-order valence-electron chi connectivity index (χ3n) is 6.04. The van der Waals surface area contributed by atoms with Crippen LogP contribution >= 0.6 is 0 Å². The number of likely N-dealkylation sites (N-methyl/N-ethyl adjacent to an activating group) is 1. The highest BCUT2D eigenvalue weighted by Crippen LogP contribution is 2.55. The molecule has 0 spiro atoms. The first-order valence-electron chi connectivity index (χ1n) is 9.99. The lowest BCUT2D eigenvalue weighted by atomic mass is 9.52. The fourth-order valence-electron chi connectivity index (χ4n) is 5.13. The van der Waals surface area contributed by atoms with Crippen molar-refractivity contribution in [3.63, 3.8) is 0 Å². The second-order valence-electron chi connectivity index (χ2n) is 6.76. The molecule has 2 aliphatic carbocycles. The zero-order valence-electron chi connectivity index (χ0n) is 15.9. The Labute approximate surface area is 127 Å². The molecule has 1 heterocycles. The number of ether oxygens (including phenoxy) is 1. The van der Waals surface area contributed by atoms with E-state index in [0.29, 0.717) is 24.7 Å². The van der Waals surface area contributed by atoms with Crippen molar-refractivity contribution in [2.45, 2.75) is 50.0 Å². The van der Waals surface area contributed by atoms with Gasteiger partial charge in [0.1, 0.15) is 5.75 Å². The van der Waals surface area contributed by atoms with Crippen molar-refractivity contribution in [3.8, 4) is 5.75 Å². The minimum Gasteiger partial charge on any atom is -0.497 e. The van der Waals surface area contributed by atoms with Crippen molar-refractivity contribution < 1.29 is 10.2 Å². The summed E-state index contributed by atoms with van der Waals surface area (Å²) in [4.78, 5) is 2.34. The van der Waals surface area contributed by atoms with Crippen molar-refractivity contribution in [3.05, 3.63) is 29.3 Å². The van der Waals surface area contributed by atoms with Crippen molar-refractivity contribution in [2.24, 2.45) is 5.92 Å². The Hall–Kier alpha value is -1.02. The number of fused-ring (bicyclic) bond motifs is 1. The number of piperidine rings is 1. The normalized spacial score (nSPS) is 39.6. The van der Waals surface area contributed by atoms with Crippen LogP contribution in [0.5, 0.6) is 5.75 Å². The number of hydrogen-bond acceptors (Lipinski definition) is 2. The van der Waals surface area contributed by atoms with Crippen LogP contribution in [-0.4, -0.2) is 31.5 Å². The fraction of sp³-hybridized carbons (Fsp3) is 0.667. The summed E-state index contributed by atoms with van der Waals surface area (Å²) in [7, 11) is -2.02. The molecule has 1 unspecified atom stereocenters. The first kappa shape index (κ1) is 9.09. The van der Waals surface area contributed by atoms with E-state index in [-0.39, 0.29) is 5.41 Å². The van der Waals surface area contributed by atoms with E-state index in [4.69, 9.17) is 10.2 Å². The molecule has 1 aliphatic heterocycles. The van der Waals surface area contributed by atoms with Gasteiger partial charge in [0.05, 0.1) is 11.2 Å². The van der Waals surface area contributed by atoms with Crippen molar-refractivity contribution >= 4 is 0 Å². The van der Waals surface area contributed by atoms with E-state index < -0.39 is 7.04 Å². The zero-order chi connectivity index (χ0) is 16.9. The van der Waals surface area contributed by atoms with Gasteiger partial charge in [0, 0.05) is 12.8 Å².